The van der Waals surface area contributed by atoms with Crippen LogP contribution < -0.4 is 10.3 Å². The number of para-hydroxylation sites is 3. The fourth-order valence-corrected chi connectivity index (χ4v) is 4.73. The van der Waals surface area contributed by atoms with E-state index in [2.05, 4.69) is 6.92 Å². The monoisotopic (exact) mass is 497 g/mol. The van der Waals surface area contributed by atoms with Crippen LogP contribution in [0.25, 0.3) is 16.6 Å². The first kappa shape index (κ1) is 26.1. The van der Waals surface area contributed by atoms with Crippen molar-refractivity contribution in [2.45, 2.75) is 52.0 Å². The number of nitrogens with zero attached hydrogens (tertiary/aromatic N) is 3. The van der Waals surface area contributed by atoms with E-state index >= 15 is 0 Å². The van der Waals surface area contributed by atoms with Crippen molar-refractivity contribution in [2.75, 3.05) is 13.7 Å². The van der Waals surface area contributed by atoms with E-state index in [9.17, 15) is 9.59 Å². The van der Waals surface area contributed by atoms with Crippen molar-refractivity contribution in [3.63, 3.8) is 0 Å². The first-order valence-electron chi connectivity index (χ1n) is 13.0. The molecule has 0 N–H and O–H groups in total. The molecule has 0 aliphatic rings. The molecule has 4 rings (SSSR count). The third-order valence-corrected chi connectivity index (χ3v) is 6.74. The molecular weight excluding hydrogens is 462 g/mol. The lowest BCUT2D eigenvalue weighted by Crippen LogP contribution is -2.39. The molecule has 0 fully saturated rings. The number of carbonyl (C=O) groups is 1. The standard InChI is InChI=1S/C31H35N3O3/c1-4-5-6-14-21-33(29(35)22-24-15-8-7-9-16-24)23(2)30-32-26-18-11-10-17-25(26)31(36)34(30)27-19-12-13-20-28(27)37-3/h7-13,15-20,23H,4-6,14,21-22H2,1-3H3. The van der Waals surface area contributed by atoms with Crippen LogP contribution in [0.3, 0.4) is 0 Å². The van der Waals surface area contributed by atoms with Gasteiger partial charge in [-0.25, -0.2) is 4.98 Å². The Labute approximate surface area is 218 Å². The average Bonchev–Trinajstić information content (AvgIpc) is 2.93. The van der Waals surface area contributed by atoms with Crippen molar-refractivity contribution in [1.82, 2.24) is 14.5 Å². The summed E-state index contributed by atoms with van der Waals surface area (Å²) >= 11 is 0. The molecule has 192 valence electrons. The van der Waals surface area contributed by atoms with E-state index in [4.69, 9.17) is 9.72 Å². The second-order valence-electron chi connectivity index (χ2n) is 9.29. The number of hydrogen-bond donors (Lipinski definition) is 0. The largest absolute Gasteiger partial charge is 0.495 e. The molecule has 0 saturated carbocycles. The summed E-state index contributed by atoms with van der Waals surface area (Å²) in [6, 6.07) is 24.1. The summed E-state index contributed by atoms with van der Waals surface area (Å²) < 4.78 is 7.22. The Hall–Kier alpha value is -3.93. The van der Waals surface area contributed by atoms with Gasteiger partial charge in [-0.3, -0.25) is 14.2 Å². The van der Waals surface area contributed by atoms with Crippen molar-refractivity contribution in [1.29, 1.82) is 0 Å². The molecule has 6 heteroatoms. The maximum atomic E-state index is 13.9. The minimum atomic E-state index is -0.431. The predicted octanol–water partition coefficient (Wildman–Crippen LogP) is 6.11. The van der Waals surface area contributed by atoms with Crippen LogP contribution in [0.2, 0.25) is 0 Å². The number of hydrogen-bond acceptors (Lipinski definition) is 4. The van der Waals surface area contributed by atoms with E-state index in [0.717, 1.165) is 31.2 Å². The van der Waals surface area contributed by atoms with Gasteiger partial charge >= 0.3 is 0 Å². The number of aromatic nitrogens is 2. The van der Waals surface area contributed by atoms with Gasteiger partial charge in [0, 0.05) is 6.54 Å². The van der Waals surface area contributed by atoms with Crippen molar-refractivity contribution in [3.8, 4) is 11.4 Å². The lowest BCUT2D eigenvalue weighted by atomic mass is 10.1. The molecule has 0 aliphatic heterocycles. The highest BCUT2D eigenvalue weighted by atomic mass is 16.5. The predicted molar refractivity (Wildman–Crippen MR) is 148 cm³/mol. The van der Waals surface area contributed by atoms with Gasteiger partial charge < -0.3 is 9.64 Å². The van der Waals surface area contributed by atoms with E-state index in [1.165, 1.54) is 0 Å². The number of benzene rings is 3. The summed E-state index contributed by atoms with van der Waals surface area (Å²) in [5.74, 6) is 1.11. The van der Waals surface area contributed by atoms with Crippen LogP contribution in [0.15, 0.2) is 83.7 Å². The van der Waals surface area contributed by atoms with Crippen molar-refractivity contribution in [3.05, 3.63) is 101 Å². The molecule has 37 heavy (non-hydrogen) atoms. The zero-order chi connectivity index (χ0) is 26.2. The molecule has 0 spiro atoms. The molecular formula is C31H35N3O3. The minimum absolute atomic E-state index is 0.0178. The number of methoxy groups -OCH3 is 1. The van der Waals surface area contributed by atoms with Gasteiger partial charge in [0.15, 0.2) is 0 Å². The highest BCUT2D eigenvalue weighted by Crippen LogP contribution is 2.28. The first-order chi connectivity index (χ1) is 18.0. The molecule has 1 atom stereocenters. The van der Waals surface area contributed by atoms with Gasteiger partial charge in [-0.2, -0.15) is 0 Å². The Morgan fingerprint density at radius 3 is 2.41 bits per heavy atom. The molecule has 4 aromatic rings. The third-order valence-electron chi connectivity index (χ3n) is 6.74. The van der Waals surface area contributed by atoms with Crippen LogP contribution in [0.4, 0.5) is 0 Å². The maximum Gasteiger partial charge on any atom is 0.266 e. The summed E-state index contributed by atoms with van der Waals surface area (Å²) in [5.41, 5.74) is 2.00. The number of carbonyl (C=O) groups excluding carboxylic acids is 1. The highest BCUT2D eigenvalue weighted by Gasteiger charge is 2.27. The van der Waals surface area contributed by atoms with Gasteiger partial charge in [-0.15, -0.1) is 0 Å². The van der Waals surface area contributed by atoms with Crippen LogP contribution in [0.1, 0.15) is 57.0 Å². The van der Waals surface area contributed by atoms with Crippen LogP contribution in [0.5, 0.6) is 5.75 Å². The molecule has 0 aliphatic carbocycles. The first-order valence-corrected chi connectivity index (χ1v) is 13.0. The lowest BCUT2D eigenvalue weighted by Gasteiger charge is -2.31. The van der Waals surface area contributed by atoms with E-state index in [1.54, 1.807) is 17.7 Å². The second-order valence-corrected chi connectivity index (χ2v) is 9.29. The van der Waals surface area contributed by atoms with Crippen LogP contribution in [-0.4, -0.2) is 34.0 Å². The van der Waals surface area contributed by atoms with Gasteiger partial charge in [0.2, 0.25) is 5.91 Å². The third kappa shape index (κ3) is 5.91. The van der Waals surface area contributed by atoms with E-state index in [0.29, 0.717) is 41.1 Å². The van der Waals surface area contributed by atoms with Gasteiger partial charge in [0.1, 0.15) is 11.6 Å². The van der Waals surface area contributed by atoms with E-state index in [-0.39, 0.29) is 11.5 Å². The van der Waals surface area contributed by atoms with Gasteiger partial charge in [0.05, 0.1) is 36.2 Å². The molecule has 0 radical (unpaired) electrons. The van der Waals surface area contributed by atoms with Crippen molar-refractivity contribution in [2.24, 2.45) is 0 Å². The summed E-state index contributed by atoms with van der Waals surface area (Å²) in [6.45, 7) is 4.73. The molecule has 0 bridgehead atoms. The Bertz CT molecular complexity index is 1400. The zero-order valence-electron chi connectivity index (χ0n) is 21.9. The fourth-order valence-electron chi connectivity index (χ4n) is 4.73. The van der Waals surface area contributed by atoms with E-state index in [1.807, 2.05) is 84.6 Å². The number of unbranched alkanes of at least 4 members (excludes halogenated alkanes) is 3. The molecule has 0 saturated heterocycles. The van der Waals surface area contributed by atoms with Crippen LogP contribution in [0, 0.1) is 0 Å². The van der Waals surface area contributed by atoms with Crippen LogP contribution >= 0.6 is 0 Å². The average molecular weight is 498 g/mol. The Kier molecular flexibility index (Phi) is 8.72. The van der Waals surface area contributed by atoms with Crippen molar-refractivity contribution < 1.29 is 9.53 Å². The molecule has 1 aromatic heterocycles. The SMILES string of the molecule is CCCCCCN(C(=O)Cc1ccccc1)C(C)c1nc2ccccc2c(=O)n1-c1ccccc1OC. The second kappa shape index (κ2) is 12.3. The quantitative estimate of drug-likeness (QED) is 0.235. The number of fused-ring (bicyclic) bond motifs is 1. The molecule has 1 heterocycles. The fraction of sp³-hybridized carbons (Fsp3) is 0.323. The molecule has 1 amide bonds. The van der Waals surface area contributed by atoms with Gasteiger partial charge in [-0.1, -0.05) is 80.8 Å². The number of amides is 1. The topological polar surface area (TPSA) is 64.4 Å². The Morgan fingerprint density at radius 1 is 0.946 bits per heavy atom. The summed E-state index contributed by atoms with van der Waals surface area (Å²) in [7, 11) is 1.59. The van der Waals surface area contributed by atoms with Gasteiger partial charge in [-0.05, 0) is 43.2 Å². The number of rotatable bonds is 11. The molecule has 1 unspecified atom stereocenters. The smallest absolute Gasteiger partial charge is 0.266 e. The van der Waals surface area contributed by atoms with Crippen molar-refractivity contribution >= 4 is 16.8 Å². The summed E-state index contributed by atoms with van der Waals surface area (Å²) in [5, 5.41) is 0.523. The van der Waals surface area contributed by atoms with Gasteiger partial charge in [0.25, 0.3) is 5.56 Å². The van der Waals surface area contributed by atoms with E-state index < -0.39 is 6.04 Å². The Balaban J connectivity index is 1.83. The minimum Gasteiger partial charge on any atom is -0.495 e. The molecule has 6 nitrogen and oxygen atoms in total. The van der Waals surface area contributed by atoms with Crippen LogP contribution in [-0.2, 0) is 11.2 Å². The normalized spacial score (nSPS) is 11.9. The maximum absolute atomic E-state index is 13.9. The molecule has 3 aromatic carbocycles. The highest BCUT2D eigenvalue weighted by molar-refractivity contribution is 5.80. The summed E-state index contributed by atoms with van der Waals surface area (Å²) in [4.78, 5) is 34.4. The zero-order valence-corrected chi connectivity index (χ0v) is 21.9. The number of ether oxygens (including phenoxy) is 1. The summed E-state index contributed by atoms with van der Waals surface area (Å²) in [6.07, 6.45) is 4.47. The Morgan fingerprint density at radius 2 is 1.65 bits per heavy atom. The lowest BCUT2D eigenvalue weighted by molar-refractivity contribution is -0.133.